The van der Waals surface area contributed by atoms with Crippen molar-refractivity contribution in [1.29, 1.82) is 0 Å². The number of benzene rings is 1. The van der Waals surface area contributed by atoms with Crippen LogP contribution in [0.3, 0.4) is 0 Å². The van der Waals surface area contributed by atoms with Crippen molar-refractivity contribution < 1.29 is 5.11 Å². The van der Waals surface area contributed by atoms with Gasteiger partial charge in [-0.25, -0.2) is 0 Å². The monoisotopic (exact) mass is 288 g/mol. The molecule has 0 bridgehead atoms. The Morgan fingerprint density at radius 3 is 2.29 bits per heavy atom. The van der Waals surface area contributed by atoms with Crippen molar-refractivity contribution in [2.45, 2.75) is 38.8 Å². The van der Waals surface area contributed by atoms with Crippen molar-refractivity contribution in [1.82, 2.24) is 9.80 Å². The Balaban J connectivity index is 1.52. The van der Waals surface area contributed by atoms with Gasteiger partial charge in [0.25, 0.3) is 0 Å². The lowest BCUT2D eigenvalue weighted by molar-refractivity contribution is 0.0253. The van der Waals surface area contributed by atoms with Crippen LogP contribution in [0.15, 0.2) is 24.3 Å². The van der Waals surface area contributed by atoms with Gasteiger partial charge in [-0.1, -0.05) is 29.8 Å². The van der Waals surface area contributed by atoms with Gasteiger partial charge in [-0.15, -0.1) is 0 Å². The third-order valence-corrected chi connectivity index (χ3v) is 5.07. The highest BCUT2D eigenvalue weighted by atomic mass is 16.3. The van der Waals surface area contributed by atoms with Crippen molar-refractivity contribution in [3.8, 4) is 0 Å². The summed E-state index contributed by atoms with van der Waals surface area (Å²) in [5.41, 5.74) is 2.28. The van der Waals surface area contributed by atoms with Crippen LogP contribution >= 0.6 is 0 Å². The minimum Gasteiger partial charge on any atom is -0.387 e. The molecule has 1 aliphatic carbocycles. The van der Waals surface area contributed by atoms with Crippen molar-refractivity contribution in [3.63, 3.8) is 0 Å². The summed E-state index contributed by atoms with van der Waals surface area (Å²) in [5, 5.41) is 10.6. The topological polar surface area (TPSA) is 26.7 Å². The third-order valence-electron chi connectivity index (χ3n) is 5.07. The van der Waals surface area contributed by atoms with Crippen LogP contribution in [-0.2, 0) is 0 Å². The van der Waals surface area contributed by atoms with Gasteiger partial charge in [0, 0.05) is 38.8 Å². The van der Waals surface area contributed by atoms with E-state index >= 15 is 0 Å². The summed E-state index contributed by atoms with van der Waals surface area (Å²) in [6, 6.07) is 8.47. The van der Waals surface area contributed by atoms with E-state index in [-0.39, 0.29) is 12.1 Å². The van der Waals surface area contributed by atoms with E-state index in [4.69, 9.17) is 0 Å². The van der Waals surface area contributed by atoms with Crippen LogP contribution in [0, 0.1) is 12.8 Å². The highest BCUT2D eigenvalue weighted by Gasteiger charge is 2.29. The molecule has 0 amide bonds. The molecular formula is C18H28N2O. The number of rotatable bonds is 5. The molecule has 1 N–H and O–H groups in total. The predicted molar refractivity (Wildman–Crippen MR) is 86.3 cm³/mol. The average molecular weight is 288 g/mol. The average Bonchev–Trinajstić information content (AvgIpc) is 3.31. The molecule has 3 heteroatoms. The zero-order valence-corrected chi connectivity index (χ0v) is 13.3. The molecule has 1 aliphatic heterocycles. The van der Waals surface area contributed by atoms with E-state index in [9.17, 15) is 5.11 Å². The summed E-state index contributed by atoms with van der Waals surface area (Å²) < 4.78 is 0. The largest absolute Gasteiger partial charge is 0.387 e. The summed E-state index contributed by atoms with van der Waals surface area (Å²) in [7, 11) is 0. The maximum atomic E-state index is 10.6. The third kappa shape index (κ3) is 3.85. The van der Waals surface area contributed by atoms with Crippen molar-refractivity contribution in [2.75, 3.05) is 32.7 Å². The fraction of sp³-hybridized carbons (Fsp3) is 0.667. The molecule has 3 rings (SSSR count). The van der Waals surface area contributed by atoms with Crippen LogP contribution in [0.25, 0.3) is 0 Å². The fourth-order valence-corrected chi connectivity index (χ4v) is 3.26. The minimum atomic E-state index is -0.388. The molecule has 0 radical (unpaired) electrons. The van der Waals surface area contributed by atoms with Gasteiger partial charge < -0.3 is 10.0 Å². The summed E-state index contributed by atoms with van der Waals surface area (Å²) in [5.74, 6) is 0.979. The number of hydrogen-bond acceptors (Lipinski definition) is 3. The minimum absolute atomic E-state index is 0.191. The fourth-order valence-electron chi connectivity index (χ4n) is 3.26. The number of hydrogen-bond donors (Lipinski definition) is 1. The molecule has 2 atom stereocenters. The Kier molecular flexibility index (Phi) is 4.63. The lowest BCUT2D eigenvalue weighted by Gasteiger charge is -2.39. The van der Waals surface area contributed by atoms with Gasteiger partial charge >= 0.3 is 0 Å². The maximum Gasteiger partial charge on any atom is 0.0942 e. The molecule has 0 spiro atoms. The zero-order chi connectivity index (χ0) is 14.8. The molecule has 1 heterocycles. The van der Waals surface area contributed by atoms with E-state index in [0.717, 1.165) is 37.7 Å². The number of nitrogens with zero attached hydrogens (tertiary/aromatic N) is 2. The van der Waals surface area contributed by atoms with E-state index < -0.39 is 0 Å². The number of aliphatic hydroxyl groups is 1. The first-order valence-electron chi connectivity index (χ1n) is 8.34. The van der Waals surface area contributed by atoms with Crippen LogP contribution in [0.4, 0.5) is 0 Å². The van der Waals surface area contributed by atoms with Crippen molar-refractivity contribution >= 4 is 0 Å². The second-order valence-corrected chi connectivity index (χ2v) is 6.88. The summed E-state index contributed by atoms with van der Waals surface area (Å²) in [4.78, 5) is 5.03. The van der Waals surface area contributed by atoms with Crippen LogP contribution in [0.1, 0.15) is 37.0 Å². The quantitative estimate of drug-likeness (QED) is 0.901. The summed E-state index contributed by atoms with van der Waals surface area (Å²) >= 11 is 0. The van der Waals surface area contributed by atoms with Gasteiger partial charge in [-0.2, -0.15) is 0 Å². The summed E-state index contributed by atoms with van der Waals surface area (Å²) in [6.07, 6.45) is 2.48. The Morgan fingerprint density at radius 1 is 1.10 bits per heavy atom. The van der Waals surface area contributed by atoms with Crippen LogP contribution in [0.2, 0.25) is 0 Å². The zero-order valence-electron chi connectivity index (χ0n) is 13.3. The van der Waals surface area contributed by atoms with Crippen LogP contribution in [0.5, 0.6) is 0 Å². The normalized spacial score (nSPS) is 24.0. The van der Waals surface area contributed by atoms with Crippen LogP contribution in [-0.4, -0.2) is 53.7 Å². The smallest absolute Gasteiger partial charge is 0.0942 e. The molecule has 116 valence electrons. The molecule has 21 heavy (non-hydrogen) atoms. The molecule has 1 aromatic rings. The number of piperazine rings is 1. The molecule has 0 aromatic heterocycles. The molecule has 2 aliphatic rings. The van der Waals surface area contributed by atoms with E-state index in [1.54, 1.807) is 0 Å². The maximum absolute atomic E-state index is 10.6. The van der Waals surface area contributed by atoms with E-state index in [1.807, 2.05) is 0 Å². The summed E-state index contributed by atoms with van der Waals surface area (Å²) in [6.45, 7) is 10.00. The molecule has 1 saturated heterocycles. The Bertz CT molecular complexity index is 447. The second-order valence-electron chi connectivity index (χ2n) is 6.88. The van der Waals surface area contributed by atoms with Gasteiger partial charge in [0.05, 0.1) is 6.10 Å². The first-order chi connectivity index (χ1) is 10.1. The lowest BCUT2D eigenvalue weighted by atomic mass is 10.0. The van der Waals surface area contributed by atoms with Gasteiger partial charge in [-0.05, 0) is 38.2 Å². The Morgan fingerprint density at radius 2 is 1.71 bits per heavy atom. The Hall–Kier alpha value is -0.900. The molecular weight excluding hydrogens is 260 g/mol. The molecule has 1 saturated carbocycles. The molecule has 3 nitrogen and oxygen atoms in total. The van der Waals surface area contributed by atoms with E-state index in [0.29, 0.717) is 0 Å². The van der Waals surface area contributed by atoms with Crippen molar-refractivity contribution in [2.24, 2.45) is 5.92 Å². The molecule has 2 fully saturated rings. The standard InChI is InChI=1S/C18H28N2O/c1-14-3-7-17(8-4-14)18(21)15(2)20-11-9-19(10-12-20)13-16-5-6-16/h3-4,7-8,15-16,18,21H,5-6,9-13H2,1-2H3. The van der Waals surface area contributed by atoms with Gasteiger partial charge in [0.15, 0.2) is 0 Å². The van der Waals surface area contributed by atoms with Crippen LogP contribution < -0.4 is 0 Å². The van der Waals surface area contributed by atoms with Crippen molar-refractivity contribution in [3.05, 3.63) is 35.4 Å². The second kappa shape index (κ2) is 6.47. The van der Waals surface area contributed by atoms with Gasteiger partial charge in [-0.3, -0.25) is 4.90 Å². The van der Waals surface area contributed by atoms with Gasteiger partial charge in [0.2, 0.25) is 0 Å². The van der Waals surface area contributed by atoms with E-state index in [1.165, 1.54) is 24.9 Å². The number of aryl methyl sites for hydroxylation is 1. The highest BCUT2D eigenvalue weighted by molar-refractivity contribution is 5.24. The van der Waals surface area contributed by atoms with Gasteiger partial charge in [0.1, 0.15) is 0 Å². The first kappa shape index (κ1) is 15.0. The molecule has 1 aromatic carbocycles. The van der Waals surface area contributed by atoms with E-state index in [2.05, 4.69) is 47.9 Å². The predicted octanol–water partition coefficient (Wildman–Crippen LogP) is 2.44. The Labute approximate surface area is 128 Å². The molecule has 2 unspecified atom stereocenters. The lowest BCUT2D eigenvalue weighted by Crippen LogP contribution is -2.51. The highest BCUT2D eigenvalue weighted by Crippen LogP contribution is 2.30. The number of aliphatic hydroxyl groups excluding tert-OH is 1. The first-order valence-corrected chi connectivity index (χ1v) is 8.34. The SMILES string of the molecule is Cc1ccc(C(O)C(C)N2CCN(CC3CC3)CC2)cc1.